The highest BCUT2D eigenvalue weighted by Gasteiger charge is 2.17. The van der Waals surface area contributed by atoms with E-state index in [1.54, 1.807) is 13.1 Å². The fourth-order valence-electron chi connectivity index (χ4n) is 3.47. The molecule has 1 aromatic heterocycles. The van der Waals surface area contributed by atoms with Gasteiger partial charge in [0.25, 0.3) is 0 Å². The summed E-state index contributed by atoms with van der Waals surface area (Å²) in [5.74, 6) is -1.03. The third-order valence-corrected chi connectivity index (χ3v) is 5.50. The Hall–Kier alpha value is -3.01. The zero-order chi connectivity index (χ0) is 22.7. The molecule has 7 nitrogen and oxygen atoms in total. The summed E-state index contributed by atoms with van der Waals surface area (Å²) in [7, 11) is 1.60. The lowest BCUT2D eigenvalue weighted by Crippen LogP contribution is -2.36. The summed E-state index contributed by atoms with van der Waals surface area (Å²) < 4.78 is 33.4. The van der Waals surface area contributed by atoms with Crippen molar-refractivity contribution in [3.05, 3.63) is 64.8 Å². The van der Waals surface area contributed by atoms with E-state index < -0.39 is 16.7 Å². The van der Waals surface area contributed by atoms with Crippen LogP contribution in [0.2, 0.25) is 5.02 Å². The number of anilines is 5. The molecule has 1 saturated heterocycles. The monoisotopic (exact) mass is 461 g/mol. The summed E-state index contributed by atoms with van der Waals surface area (Å²) in [6, 6.07) is 9.69. The Morgan fingerprint density at radius 3 is 2.72 bits per heavy atom. The van der Waals surface area contributed by atoms with Crippen molar-refractivity contribution < 1.29 is 18.6 Å². The number of nitrogens with zero attached hydrogens (tertiary/aromatic N) is 4. The van der Waals surface area contributed by atoms with Gasteiger partial charge in [-0.3, -0.25) is 0 Å². The van der Waals surface area contributed by atoms with Gasteiger partial charge in [-0.05, 0) is 42.0 Å². The Morgan fingerprint density at radius 2 is 1.97 bits per heavy atom. The number of aromatic nitrogens is 2. The van der Waals surface area contributed by atoms with Gasteiger partial charge in [0.05, 0.1) is 25.5 Å². The van der Waals surface area contributed by atoms with Crippen molar-refractivity contribution in [3.8, 4) is 0 Å². The van der Waals surface area contributed by atoms with Crippen LogP contribution in [0.4, 0.5) is 37.6 Å². The standard InChI is InChI=1S/C22H22ClF2N5O2/c1-29(18-3-2-17(24)20(23)21(18)25)19-4-5-26-22(28-19)27-15-10-14(13-31)11-16(12-15)30-6-8-32-9-7-30/h2-5,10-12,31H,6-9,13H2,1H3,(H,26,27,28). The van der Waals surface area contributed by atoms with Gasteiger partial charge in [-0.2, -0.15) is 4.98 Å². The molecule has 0 amide bonds. The van der Waals surface area contributed by atoms with Crippen LogP contribution in [0.3, 0.4) is 0 Å². The van der Waals surface area contributed by atoms with Crippen LogP contribution < -0.4 is 15.1 Å². The predicted octanol–water partition coefficient (Wildman–Crippen LogP) is 4.25. The molecule has 2 N–H and O–H groups in total. The number of nitrogens with one attached hydrogen (secondary N) is 1. The van der Waals surface area contributed by atoms with Gasteiger partial charge in [-0.25, -0.2) is 13.8 Å². The summed E-state index contributed by atoms with van der Waals surface area (Å²) in [5.41, 5.74) is 2.48. The summed E-state index contributed by atoms with van der Waals surface area (Å²) in [6.07, 6.45) is 1.53. The normalized spacial score (nSPS) is 13.8. The van der Waals surface area contributed by atoms with Crippen molar-refractivity contribution in [1.29, 1.82) is 0 Å². The highest BCUT2D eigenvalue weighted by molar-refractivity contribution is 6.31. The van der Waals surface area contributed by atoms with Crippen LogP contribution in [-0.2, 0) is 11.3 Å². The maximum atomic E-state index is 14.4. The summed E-state index contributed by atoms with van der Waals surface area (Å²) >= 11 is 5.71. The number of aliphatic hydroxyl groups is 1. The van der Waals surface area contributed by atoms with Crippen LogP contribution in [0, 0.1) is 11.6 Å². The zero-order valence-electron chi connectivity index (χ0n) is 17.4. The molecule has 0 radical (unpaired) electrons. The van der Waals surface area contributed by atoms with E-state index in [9.17, 15) is 13.9 Å². The minimum atomic E-state index is -0.868. The van der Waals surface area contributed by atoms with Gasteiger partial charge in [0.2, 0.25) is 5.95 Å². The van der Waals surface area contributed by atoms with Gasteiger partial charge >= 0.3 is 0 Å². The second kappa shape index (κ2) is 9.64. The van der Waals surface area contributed by atoms with Gasteiger partial charge < -0.3 is 25.0 Å². The molecule has 2 aromatic carbocycles. The number of halogens is 3. The number of aliphatic hydroxyl groups excluding tert-OH is 1. The number of benzene rings is 2. The smallest absolute Gasteiger partial charge is 0.229 e. The topological polar surface area (TPSA) is 73.8 Å². The van der Waals surface area contributed by atoms with Gasteiger partial charge in [-0.15, -0.1) is 0 Å². The molecule has 10 heteroatoms. The quantitative estimate of drug-likeness (QED) is 0.531. The lowest BCUT2D eigenvalue weighted by atomic mass is 10.1. The number of hydrogen-bond donors (Lipinski definition) is 2. The molecule has 32 heavy (non-hydrogen) atoms. The van der Waals surface area contributed by atoms with E-state index in [2.05, 4.69) is 20.2 Å². The van der Waals surface area contributed by atoms with Gasteiger partial charge in [0.1, 0.15) is 16.7 Å². The van der Waals surface area contributed by atoms with Crippen molar-refractivity contribution in [1.82, 2.24) is 9.97 Å². The first kappa shape index (κ1) is 22.2. The molecule has 0 aliphatic carbocycles. The Kier molecular flexibility index (Phi) is 6.69. The van der Waals surface area contributed by atoms with Gasteiger partial charge in [0, 0.05) is 37.7 Å². The molecule has 0 bridgehead atoms. The summed E-state index contributed by atoms with van der Waals surface area (Å²) in [4.78, 5) is 12.3. The van der Waals surface area contributed by atoms with E-state index in [-0.39, 0.29) is 18.2 Å². The first-order chi connectivity index (χ1) is 15.5. The van der Waals surface area contributed by atoms with Crippen LogP contribution in [0.1, 0.15) is 5.56 Å². The molecule has 168 valence electrons. The molecular weight excluding hydrogens is 440 g/mol. The summed E-state index contributed by atoms with van der Waals surface area (Å²) in [5, 5.41) is 12.3. The fraction of sp³-hybridized carbons (Fsp3) is 0.273. The van der Waals surface area contributed by atoms with Crippen LogP contribution >= 0.6 is 11.6 Å². The van der Waals surface area contributed by atoms with Gasteiger partial charge in [0.15, 0.2) is 5.82 Å². The molecule has 4 rings (SSSR count). The Bertz CT molecular complexity index is 1110. The highest BCUT2D eigenvalue weighted by atomic mass is 35.5. The Balaban J connectivity index is 1.60. The van der Waals surface area contributed by atoms with Crippen molar-refractivity contribution in [2.45, 2.75) is 6.61 Å². The molecule has 2 heterocycles. The minimum absolute atomic E-state index is 0.0814. The van der Waals surface area contributed by atoms with E-state index >= 15 is 0 Å². The zero-order valence-corrected chi connectivity index (χ0v) is 18.1. The van der Waals surface area contributed by atoms with Gasteiger partial charge in [-0.1, -0.05) is 11.6 Å². The number of morpholine rings is 1. The highest BCUT2D eigenvalue weighted by Crippen LogP contribution is 2.31. The fourth-order valence-corrected chi connectivity index (χ4v) is 3.62. The lowest BCUT2D eigenvalue weighted by Gasteiger charge is -2.29. The Morgan fingerprint density at radius 1 is 1.19 bits per heavy atom. The molecule has 0 atom stereocenters. The molecule has 0 saturated carbocycles. The maximum Gasteiger partial charge on any atom is 0.229 e. The van der Waals surface area contributed by atoms with Crippen LogP contribution in [0.15, 0.2) is 42.6 Å². The molecule has 0 spiro atoms. The van der Waals surface area contributed by atoms with E-state index in [1.807, 2.05) is 18.2 Å². The number of hydrogen-bond acceptors (Lipinski definition) is 7. The van der Waals surface area contributed by atoms with Crippen molar-refractivity contribution >= 4 is 40.4 Å². The molecule has 1 aliphatic rings. The molecule has 1 aliphatic heterocycles. The minimum Gasteiger partial charge on any atom is -0.392 e. The lowest BCUT2D eigenvalue weighted by molar-refractivity contribution is 0.122. The van der Waals surface area contributed by atoms with Crippen molar-refractivity contribution in [2.24, 2.45) is 0 Å². The second-order valence-corrected chi connectivity index (χ2v) is 7.64. The van der Waals surface area contributed by atoms with E-state index in [4.69, 9.17) is 16.3 Å². The molecular formula is C22H22ClF2N5O2. The largest absolute Gasteiger partial charge is 0.392 e. The SMILES string of the molecule is CN(c1ccnc(Nc2cc(CO)cc(N3CCOCC3)c2)n1)c1ccc(F)c(Cl)c1F. The average molecular weight is 462 g/mol. The average Bonchev–Trinajstić information content (AvgIpc) is 2.83. The molecule has 0 unspecified atom stereocenters. The third-order valence-electron chi connectivity index (χ3n) is 5.15. The first-order valence-electron chi connectivity index (χ1n) is 10.0. The van der Waals surface area contributed by atoms with Crippen LogP contribution in [0.5, 0.6) is 0 Å². The van der Waals surface area contributed by atoms with Crippen molar-refractivity contribution in [3.63, 3.8) is 0 Å². The van der Waals surface area contributed by atoms with Crippen LogP contribution in [0.25, 0.3) is 0 Å². The molecule has 3 aromatic rings. The second-order valence-electron chi connectivity index (χ2n) is 7.26. The Labute approximate surface area is 189 Å². The van der Waals surface area contributed by atoms with Crippen LogP contribution in [-0.4, -0.2) is 48.4 Å². The third kappa shape index (κ3) is 4.74. The summed E-state index contributed by atoms with van der Waals surface area (Å²) in [6.45, 7) is 2.70. The van der Waals surface area contributed by atoms with Crippen molar-refractivity contribution in [2.75, 3.05) is 48.5 Å². The van der Waals surface area contributed by atoms with E-state index in [0.29, 0.717) is 24.7 Å². The maximum absolute atomic E-state index is 14.4. The first-order valence-corrected chi connectivity index (χ1v) is 10.4. The number of rotatable bonds is 6. The van der Waals surface area contributed by atoms with E-state index in [0.717, 1.165) is 30.4 Å². The molecule has 1 fully saturated rings. The predicted molar refractivity (Wildman–Crippen MR) is 120 cm³/mol. The van der Waals surface area contributed by atoms with E-state index in [1.165, 1.54) is 17.2 Å². The number of ether oxygens (including phenoxy) is 1.